The number of carbonyl (C=O) groups excluding carboxylic acids is 2. The van der Waals surface area contributed by atoms with Crippen molar-refractivity contribution in [1.29, 1.82) is 0 Å². The molecule has 2 aromatic rings. The topological polar surface area (TPSA) is 84.7 Å². The first-order valence-electron chi connectivity index (χ1n) is 8.04. The van der Waals surface area contributed by atoms with E-state index in [1.54, 1.807) is 20.1 Å². The van der Waals surface area contributed by atoms with Gasteiger partial charge in [0, 0.05) is 12.1 Å². The monoisotopic (exact) mass is 345 g/mol. The van der Waals surface area contributed by atoms with E-state index >= 15 is 0 Å². The van der Waals surface area contributed by atoms with Gasteiger partial charge in [0.05, 0.1) is 13.5 Å². The van der Waals surface area contributed by atoms with Gasteiger partial charge in [-0.25, -0.2) is 0 Å². The first-order chi connectivity index (χ1) is 11.9. The third-order valence-corrected chi connectivity index (χ3v) is 3.67. The van der Waals surface area contributed by atoms with E-state index in [0.29, 0.717) is 11.6 Å². The molecule has 1 aromatic heterocycles. The maximum Gasteiger partial charge on any atom is 0.245 e. The summed E-state index contributed by atoms with van der Waals surface area (Å²) in [5, 5.41) is 6.34. The van der Waals surface area contributed by atoms with Crippen LogP contribution in [0.2, 0.25) is 0 Å². The Labute approximate surface area is 146 Å². The number of rotatable bonds is 7. The first-order valence-corrected chi connectivity index (χ1v) is 8.04. The molecule has 0 aliphatic heterocycles. The van der Waals surface area contributed by atoms with Gasteiger partial charge < -0.3 is 19.5 Å². The number of carbonyl (C=O) groups is 2. The van der Waals surface area contributed by atoms with Crippen molar-refractivity contribution in [3.8, 4) is 5.75 Å². The molecule has 134 valence electrons. The molecular formula is C18H23N3O4. The summed E-state index contributed by atoms with van der Waals surface area (Å²) < 4.78 is 10.0. The van der Waals surface area contributed by atoms with Gasteiger partial charge in [0.2, 0.25) is 11.8 Å². The van der Waals surface area contributed by atoms with Crippen LogP contribution in [0.1, 0.15) is 25.2 Å². The molecule has 0 bridgehead atoms. The zero-order valence-corrected chi connectivity index (χ0v) is 14.9. The van der Waals surface area contributed by atoms with Crippen molar-refractivity contribution in [3.63, 3.8) is 0 Å². The quantitative estimate of drug-likeness (QED) is 0.833. The Morgan fingerprint density at radius 1 is 1.28 bits per heavy atom. The molecule has 0 aliphatic carbocycles. The second-order valence-electron chi connectivity index (χ2n) is 6.01. The number of ether oxygens (including phenoxy) is 1. The molecule has 2 amide bonds. The van der Waals surface area contributed by atoms with Crippen LogP contribution in [0.4, 0.5) is 5.82 Å². The molecule has 0 aliphatic rings. The van der Waals surface area contributed by atoms with Crippen molar-refractivity contribution in [2.45, 2.75) is 33.2 Å². The van der Waals surface area contributed by atoms with Crippen LogP contribution >= 0.6 is 0 Å². The maximum atomic E-state index is 12.6. The van der Waals surface area contributed by atoms with Crippen molar-refractivity contribution in [3.05, 3.63) is 41.7 Å². The number of anilines is 1. The average molecular weight is 345 g/mol. The van der Waals surface area contributed by atoms with Gasteiger partial charge in [0.15, 0.2) is 5.82 Å². The van der Waals surface area contributed by atoms with E-state index in [4.69, 9.17) is 9.26 Å². The summed E-state index contributed by atoms with van der Waals surface area (Å²) in [6, 6.07) is 8.82. The minimum Gasteiger partial charge on any atom is -0.497 e. The van der Waals surface area contributed by atoms with Crippen LogP contribution in [0.25, 0.3) is 0 Å². The van der Waals surface area contributed by atoms with Gasteiger partial charge in [0.1, 0.15) is 18.1 Å². The van der Waals surface area contributed by atoms with E-state index in [-0.39, 0.29) is 30.8 Å². The highest BCUT2D eigenvalue weighted by molar-refractivity contribution is 5.94. The Bertz CT molecular complexity index is 722. The van der Waals surface area contributed by atoms with Gasteiger partial charge in [-0.2, -0.15) is 0 Å². The number of benzene rings is 1. The summed E-state index contributed by atoms with van der Waals surface area (Å²) in [5.41, 5.74) is 0.865. The Balaban J connectivity index is 1.98. The number of methoxy groups -OCH3 is 1. The summed E-state index contributed by atoms with van der Waals surface area (Å²) >= 11 is 0. The smallest absolute Gasteiger partial charge is 0.245 e. The standard InChI is InChI=1S/C18H23N3O4/c1-12(2)21(11-17(22)19-16-9-13(3)25-20-16)18(23)10-14-5-7-15(24-4)8-6-14/h5-9,12H,10-11H2,1-4H3,(H,19,20,22). The zero-order valence-electron chi connectivity index (χ0n) is 14.9. The highest BCUT2D eigenvalue weighted by Crippen LogP contribution is 2.13. The van der Waals surface area contributed by atoms with Crippen molar-refractivity contribution in [2.75, 3.05) is 19.0 Å². The highest BCUT2D eigenvalue weighted by Gasteiger charge is 2.21. The van der Waals surface area contributed by atoms with E-state index in [1.165, 1.54) is 4.90 Å². The van der Waals surface area contributed by atoms with Crippen LogP contribution in [-0.4, -0.2) is 41.6 Å². The summed E-state index contributed by atoms with van der Waals surface area (Å²) in [6.07, 6.45) is 0.221. The van der Waals surface area contributed by atoms with Gasteiger partial charge in [0.25, 0.3) is 0 Å². The lowest BCUT2D eigenvalue weighted by Gasteiger charge is -2.26. The maximum absolute atomic E-state index is 12.6. The number of hydrogen-bond acceptors (Lipinski definition) is 5. The van der Waals surface area contributed by atoms with Gasteiger partial charge in [-0.1, -0.05) is 17.3 Å². The molecule has 25 heavy (non-hydrogen) atoms. The number of hydrogen-bond donors (Lipinski definition) is 1. The fraction of sp³-hybridized carbons (Fsp3) is 0.389. The minimum atomic E-state index is -0.315. The lowest BCUT2D eigenvalue weighted by molar-refractivity contribution is -0.135. The van der Waals surface area contributed by atoms with Crippen LogP contribution in [0, 0.1) is 6.92 Å². The summed E-state index contributed by atoms with van der Waals surface area (Å²) in [4.78, 5) is 26.3. The Morgan fingerprint density at radius 3 is 2.48 bits per heavy atom. The van der Waals surface area contributed by atoms with Crippen LogP contribution in [0.3, 0.4) is 0 Å². The number of aryl methyl sites for hydroxylation is 1. The van der Waals surface area contributed by atoms with E-state index in [0.717, 1.165) is 11.3 Å². The Kier molecular flexibility index (Phi) is 6.16. The third kappa shape index (κ3) is 5.34. The number of aromatic nitrogens is 1. The molecule has 0 saturated carbocycles. The van der Waals surface area contributed by atoms with Gasteiger partial charge in [-0.15, -0.1) is 0 Å². The predicted octanol–water partition coefficient (Wildman–Crippen LogP) is 2.41. The van der Waals surface area contributed by atoms with E-state index < -0.39 is 0 Å². The number of amides is 2. The van der Waals surface area contributed by atoms with E-state index in [1.807, 2.05) is 38.1 Å². The molecule has 1 aromatic carbocycles. The minimum absolute atomic E-state index is 0.0431. The highest BCUT2D eigenvalue weighted by atomic mass is 16.5. The zero-order chi connectivity index (χ0) is 18.4. The van der Waals surface area contributed by atoms with Gasteiger partial charge in [-0.3, -0.25) is 9.59 Å². The van der Waals surface area contributed by atoms with Crippen molar-refractivity contribution < 1.29 is 18.8 Å². The second-order valence-corrected chi connectivity index (χ2v) is 6.01. The third-order valence-electron chi connectivity index (χ3n) is 3.67. The average Bonchev–Trinajstić information content (AvgIpc) is 2.97. The normalized spacial score (nSPS) is 10.6. The largest absolute Gasteiger partial charge is 0.497 e. The van der Waals surface area contributed by atoms with Gasteiger partial charge in [-0.05, 0) is 38.5 Å². The second kappa shape index (κ2) is 8.32. The summed E-state index contributed by atoms with van der Waals surface area (Å²) in [5.74, 6) is 1.25. The molecule has 1 heterocycles. The lowest BCUT2D eigenvalue weighted by Crippen LogP contribution is -2.43. The Hall–Kier alpha value is -2.83. The van der Waals surface area contributed by atoms with Crippen molar-refractivity contribution in [1.82, 2.24) is 10.1 Å². The van der Waals surface area contributed by atoms with Crippen molar-refractivity contribution >= 4 is 17.6 Å². The molecule has 7 heteroatoms. The molecular weight excluding hydrogens is 322 g/mol. The molecule has 1 N–H and O–H groups in total. The molecule has 0 fully saturated rings. The molecule has 0 spiro atoms. The van der Waals surface area contributed by atoms with Crippen LogP contribution < -0.4 is 10.1 Å². The number of nitrogens with zero attached hydrogens (tertiary/aromatic N) is 2. The first kappa shape index (κ1) is 18.5. The molecule has 0 saturated heterocycles. The fourth-order valence-corrected chi connectivity index (χ4v) is 2.34. The molecule has 2 rings (SSSR count). The van der Waals surface area contributed by atoms with Crippen LogP contribution in [0.15, 0.2) is 34.9 Å². The van der Waals surface area contributed by atoms with E-state index in [9.17, 15) is 9.59 Å². The molecule has 0 unspecified atom stereocenters. The predicted molar refractivity (Wildman–Crippen MR) is 93.4 cm³/mol. The molecule has 0 atom stereocenters. The van der Waals surface area contributed by atoms with Crippen molar-refractivity contribution in [2.24, 2.45) is 0 Å². The lowest BCUT2D eigenvalue weighted by atomic mass is 10.1. The molecule has 7 nitrogen and oxygen atoms in total. The summed E-state index contributed by atoms with van der Waals surface area (Å²) in [6.45, 7) is 5.44. The van der Waals surface area contributed by atoms with Crippen LogP contribution in [0.5, 0.6) is 5.75 Å². The van der Waals surface area contributed by atoms with Gasteiger partial charge >= 0.3 is 0 Å². The fourth-order valence-electron chi connectivity index (χ4n) is 2.34. The SMILES string of the molecule is COc1ccc(CC(=O)N(CC(=O)Nc2cc(C)on2)C(C)C)cc1. The van der Waals surface area contributed by atoms with Crippen LogP contribution in [-0.2, 0) is 16.0 Å². The Morgan fingerprint density at radius 2 is 1.96 bits per heavy atom. The summed E-state index contributed by atoms with van der Waals surface area (Å²) in [7, 11) is 1.59. The molecule has 0 radical (unpaired) electrons. The van der Waals surface area contributed by atoms with E-state index in [2.05, 4.69) is 10.5 Å². The number of nitrogens with one attached hydrogen (secondary N) is 1.